The van der Waals surface area contributed by atoms with Crippen molar-refractivity contribution in [1.82, 2.24) is 0 Å². The second kappa shape index (κ2) is 6.45. The van der Waals surface area contributed by atoms with Crippen molar-refractivity contribution in [3.05, 3.63) is 34.7 Å². The van der Waals surface area contributed by atoms with Gasteiger partial charge in [0.15, 0.2) is 17.1 Å². The van der Waals surface area contributed by atoms with Crippen molar-refractivity contribution in [3.8, 4) is 5.75 Å². The predicted octanol–water partition coefficient (Wildman–Crippen LogP) is 3.01. The van der Waals surface area contributed by atoms with Gasteiger partial charge in [-0.05, 0) is 19.1 Å². The smallest absolute Gasteiger partial charge is 0.350 e. The average Bonchev–Trinajstić information content (AvgIpc) is 2.43. The van der Waals surface area contributed by atoms with Crippen LogP contribution in [0.2, 0.25) is 5.02 Å². The highest BCUT2D eigenvalue weighted by Crippen LogP contribution is 2.33. The van der Waals surface area contributed by atoms with Gasteiger partial charge in [-0.3, -0.25) is 0 Å². The van der Waals surface area contributed by atoms with Crippen LogP contribution in [0.4, 0.5) is 10.1 Å². The lowest BCUT2D eigenvalue weighted by Crippen LogP contribution is -2.42. The van der Waals surface area contributed by atoms with Gasteiger partial charge in [0.05, 0.1) is 17.3 Å². The second-order valence-corrected chi connectivity index (χ2v) is 5.46. The van der Waals surface area contributed by atoms with Gasteiger partial charge < -0.3 is 19.5 Å². The Labute approximate surface area is 137 Å². The molecule has 1 aromatic carbocycles. The van der Waals surface area contributed by atoms with E-state index in [-0.39, 0.29) is 28.6 Å². The highest BCUT2D eigenvalue weighted by Gasteiger charge is 2.39. The number of halogens is 2. The van der Waals surface area contributed by atoms with Gasteiger partial charge in [-0.2, -0.15) is 0 Å². The molecule has 0 bridgehead atoms. The van der Waals surface area contributed by atoms with Crippen LogP contribution in [0.25, 0.3) is 0 Å². The number of benzene rings is 1. The number of anilines is 1. The van der Waals surface area contributed by atoms with E-state index in [0.29, 0.717) is 0 Å². The van der Waals surface area contributed by atoms with Crippen molar-refractivity contribution in [3.63, 3.8) is 0 Å². The quantitative estimate of drug-likeness (QED) is 0.514. The summed E-state index contributed by atoms with van der Waals surface area (Å²) in [5.74, 6) is -3.92. The molecule has 0 amide bonds. The van der Waals surface area contributed by atoms with Crippen molar-refractivity contribution >= 4 is 29.2 Å². The maximum absolute atomic E-state index is 14.3. The van der Waals surface area contributed by atoms with E-state index >= 15 is 0 Å². The monoisotopic (exact) mass is 343 g/mol. The summed E-state index contributed by atoms with van der Waals surface area (Å²) in [7, 11) is 0. The molecule has 0 aliphatic carbocycles. The summed E-state index contributed by atoms with van der Waals surface area (Å²) >= 11 is 5.85. The first-order valence-electron chi connectivity index (χ1n) is 6.79. The van der Waals surface area contributed by atoms with Crippen LogP contribution in [0.3, 0.4) is 0 Å². The molecule has 1 heterocycles. The van der Waals surface area contributed by atoms with Gasteiger partial charge in [0.2, 0.25) is 0 Å². The van der Waals surface area contributed by atoms with Crippen molar-refractivity contribution in [2.45, 2.75) is 26.6 Å². The Balaban J connectivity index is 2.25. The van der Waals surface area contributed by atoms with E-state index in [2.05, 4.69) is 5.32 Å². The molecule has 1 aromatic rings. The lowest BCUT2D eigenvalue weighted by Gasteiger charge is -2.29. The summed E-state index contributed by atoms with van der Waals surface area (Å²) in [6, 6.07) is 2.78. The molecule has 1 aliphatic rings. The molecular formula is C15H15ClFNO5. The number of esters is 2. The summed E-state index contributed by atoms with van der Waals surface area (Å²) < 4.78 is 29.2. The molecule has 0 unspecified atom stereocenters. The molecule has 0 atom stereocenters. The lowest BCUT2D eigenvalue weighted by molar-refractivity contribution is -0.222. The van der Waals surface area contributed by atoms with Gasteiger partial charge in [-0.25, -0.2) is 14.0 Å². The minimum atomic E-state index is -1.33. The van der Waals surface area contributed by atoms with Crippen LogP contribution in [0.1, 0.15) is 20.8 Å². The van der Waals surface area contributed by atoms with Crippen molar-refractivity contribution in [2.75, 3.05) is 11.9 Å². The minimum absolute atomic E-state index is 0.0178. The SMILES string of the molecule is CCOc1c(Cl)ccc(NC=C2C(=O)OC(C)(C)OC2=O)c1F. The zero-order valence-electron chi connectivity index (χ0n) is 12.7. The molecule has 2 rings (SSSR count). The predicted molar refractivity (Wildman–Crippen MR) is 80.5 cm³/mol. The Kier molecular flexibility index (Phi) is 4.79. The number of hydrogen-bond donors (Lipinski definition) is 1. The molecule has 6 nitrogen and oxygen atoms in total. The summed E-state index contributed by atoms with van der Waals surface area (Å²) in [6.45, 7) is 4.78. The first-order valence-corrected chi connectivity index (χ1v) is 7.17. The van der Waals surface area contributed by atoms with E-state index in [1.807, 2.05) is 0 Å². The first kappa shape index (κ1) is 17.1. The number of rotatable bonds is 4. The third kappa shape index (κ3) is 3.73. The van der Waals surface area contributed by atoms with Gasteiger partial charge >= 0.3 is 11.9 Å². The topological polar surface area (TPSA) is 73.9 Å². The Morgan fingerprint density at radius 2 is 1.91 bits per heavy atom. The minimum Gasteiger partial charge on any atom is -0.489 e. The van der Waals surface area contributed by atoms with Crippen LogP contribution >= 0.6 is 11.6 Å². The summed E-state index contributed by atoms with van der Waals surface area (Å²) in [6.07, 6.45) is 1.02. The molecule has 0 spiro atoms. The van der Waals surface area contributed by atoms with Gasteiger partial charge in [0.1, 0.15) is 0 Å². The zero-order valence-corrected chi connectivity index (χ0v) is 13.5. The standard InChI is InChI=1S/C15H15ClFNO5/c1-4-21-12-9(16)5-6-10(11(12)17)18-7-8-13(19)22-15(2,3)23-14(8)20/h5-7,18H,4H2,1-3H3. The van der Waals surface area contributed by atoms with E-state index < -0.39 is 23.5 Å². The fourth-order valence-corrected chi connectivity index (χ4v) is 2.05. The van der Waals surface area contributed by atoms with E-state index in [9.17, 15) is 14.0 Å². The van der Waals surface area contributed by atoms with Gasteiger partial charge in [-0.15, -0.1) is 0 Å². The molecule has 23 heavy (non-hydrogen) atoms. The van der Waals surface area contributed by atoms with E-state index in [1.165, 1.54) is 26.0 Å². The van der Waals surface area contributed by atoms with Gasteiger partial charge in [-0.1, -0.05) is 11.6 Å². The van der Waals surface area contributed by atoms with Gasteiger partial charge in [0, 0.05) is 20.0 Å². The third-order valence-corrected chi connectivity index (χ3v) is 3.12. The van der Waals surface area contributed by atoms with Crippen molar-refractivity contribution in [1.29, 1.82) is 0 Å². The van der Waals surface area contributed by atoms with Crippen LogP contribution in [-0.4, -0.2) is 24.3 Å². The highest BCUT2D eigenvalue weighted by atomic mass is 35.5. The highest BCUT2D eigenvalue weighted by molar-refractivity contribution is 6.32. The number of ether oxygens (including phenoxy) is 3. The maximum atomic E-state index is 14.3. The normalized spacial score (nSPS) is 16.5. The second-order valence-electron chi connectivity index (χ2n) is 5.05. The van der Waals surface area contributed by atoms with E-state index in [1.54, 1.807) is 6.92 Å². The molecule has 1 saturated heterocycles. The molecule has 0 aromatic heterocycles. The number of carbonyl (C=O) groups is 2. The number of nitrogens with one attached hydrogen (secondary N) is 1. The van der Waals surface area contributed by atoms with Crippen LogP contribution in [0.5, 0.6) is 5.75 Å². The Hall–Kier alpha value is -2.28. The third-order valence-electron chi connectivity index (χ3n) is 2.83. The van der Waals surface area contributed by atoms with E-state index in [4.69, 9.17) is 25.8 Å². The Bertz CT molecular complexity index is 665. The van der Waals surface area contributed by atoms with Crippen LogP contribution < -0.4 is 10.1 Å². The number of hydrogen-bond acceptors (Lipinski definition) is 6. The molecule has 0 saturated carbocycles. The zero-order chi connectivity index (χ0) is 17.2. The molecule has 0 radical (unpaired) electrons. The van der Waals surface area contributed by atoms with Crippen LogP contribution in [0, 0.1) is 5.82 Å². The Morgan fingerprint density at radius 3 is 2.48 bits per heavy atom. The molecule has 8 heteroatoms. The molecular weight excluding hydrogens is 329 g/mol. The fourth-order valence-electron chi connectivity index (χ4n) is 1.85. The van der Waals surface area contributed by atoms with Gasteiger partial charge in [0.25, 0.3) is 5.79 Å². The fraction of sp³-hybridized carbons (Fsp3) is 0.333. The molecule has 1 N–H and O–H groups in total. The lowest BCUT2D eigenvalue weighted by atomic mass is 10.2. The summed E-state index contributed by atoms with van der Waals surface area (Å²) in [5.41, 5.74) is -0.396. The largest absolute Gasteiger partial charge is 0.489 e. The average molecular weight is 344 g/mol. The Morgan fingerprint density at radius 1 is 1.30 bits per heavy atom. The summed E-state index contributed by atoms with van der Waals surface area (Å²) in [5, 5.41) is 2.63. The van der Waals surface area contributed by atoms with E-state index in [0.717, 1.165) is 6.20 Å². The molecule has 1 aliphatic heterocycles. The number of cyclic esters (lactones) is 2. The molecule has 1 fully saturated rings. The van der Waals surface area contributed by atoms with Crippen molar-refractivity contribution in [2.24, 2.45) is 0 Å². The first-order chi connectivity index (χ1) is 10.7. The molecule has 124 valence electrons. The summed E-state index contributed by atoms with van der Waals surface area (Å²) in [4.78, 5) is 23.6. The van der Waals surface area contributed by atoms with Crippen molar-refractivity contribution < 1.29 is 28.2 Å². The van der Waals surface area contributed by atoms with Crippen LogP contribution in [0.15, 0.2) is 23.9 Å². The number of carbonyl (C=O) groups excluding carboxylic acids is 2. The van der Waals surface area contributed by atoms with Crippen LogP contribution in [-0.2, 0) is 19.1 Å². The maximum Gasteiger partial charge on any atom is 0.350 e.